The number of hydrogen-bond acceptors (Lipinski definition) is 3. The van der Waals surface area contributed by atoms with Gasteiger partial charge in [-0.2, -0.15) is 0 Å². The van der Waals surface area contributed by atoms with Gasteiger partial charge in [0, 0.05) is 5.92 Å². The first-order valence-corrected chi connectivity index (χ1v) is 7.82. The van der Waals surface area contributed by atoms with E-state index >= 15 is 0 Å². The lowest BCUT2D eigenvalue weighted by molar-refractivity contribution is 0.323. The van der Waals surface area contributed by atoms with Gasteiger partial charge in [-0.05, 0) is 41.7 Å². The number of benzene rings is 2. The Bertz CT molecular complexity index is 694. The summed E-state index contributed by atoms with van der Waals surface area (Å²) in [6, 6.07) is 12.7. The number of ether oxygens (including phenoxy) is 3. The predicted molar refractivity (Wildman–Crippen MR) is 91.8 cm³/mol. The molecule has 0 aliphatic heterocycles. The fraction of sp³-hybridized carbons (Fsp3) is 0.300. The molecule has 0 heterocycles. The summed E-state index contributed by atoms with van der Waals surface area (Å²) in [4.78, 5) is 0. The van der Waals surface area contributed by atoms with Crippen molar-refractivity contribution in [3.8, 4) is 17.2 Å². The number of hydrogen-bond donors (Lipinski definition) is 0. The second-order valence-electron chi connectivity index (χ2n) is 5.60. The molecule has 0 radical (unpaired) electrons. The van der Waals surface area contributed by atoms with Crippen LogP contribution in [0.2, 0.25) is 0 Å². The van der Waals surface area contributed by atoms with Gasteiger partial charge in [0.25, 0.3) is 0 Å². The van der Waals surface area contributed by atoms with Gasteiger partial charge in [-0.15, -0.1) is 0 Å². The van der Waals surface area contributed by atoms with E-state index in [0.29, 0.717) is 17.2 Å². The van der Waals surface area contributed by atoms with Gasteiger partial charge in [-0.25, -0.2) is 0 Å². The molecule has 2 aromatic rings. The zero-order valence-electron chi connectivity index (χ0n) is 13.8. The van der Waals surface area contributed by atoms with Gasteiger partial charge in [0.2, 0.25) is 5.75 Å². The van der Waals surface area contributed by atoms with E-state index in [-0.39, 0.29) is 5.92 Å². The number of rotatable bonds is 4. The van der Waals surface area contributed by atoms with Crippen LogP contribution in [0.5, 0.6) is 17.2 Å². The Morgan fingerprint density at radius 1 is 0.913 bits per heavy atom. The van der Waals surface area contributed by atoms with Gasteiger partial charge in [-0.1, -0.05) is 36.4 Å². The summed E-state index contributed by atoms with van der Waals surface area (Å²) in [5.74, 6) is 2.21. The van der Waals surface area contributed by atoms with Crippen LogP contribution in [0.4, 0.5) is 0 Å². The normalized spacial score (nSPS) is 16.4. The third-order valence-electron chi connectivity index (χ3n) is 4.35. The van der Waals surface area contributed by atoms with Crippen LogP contribution < -0.4 is 14.2 Å². The molecule has 0 bridgehead atoms. The minimum atomic E-state index is 0.197. The Labute approximate surface area is 137 Å². The fourth-order valence-electron chi connectivity index (χ4n) is 3.21. The molecule has 2 aromatic carbocycles. The van der Waals surface area contributed by atoms with Crippen molar-refractivity contribution in [1.29, 1.82) is 0 Å². The Kier molecular flexibility index (Phi) is 4.56. The standard InChI is InChI=1S/C20H22O3/c1-21-18-12-15(13-19(22-2)20(18)23-3)17-11-7-5-9-14-8-4-6-10-16(14)17/h4,6-8,10-13,17H,5,9H2,1-3H3. The molecule has 0 spiro atoms. The highest BCUT2D eigenvalue weighted by molar-refractivity contribution is 5.57. The summed E-state index contributed by atoms with van der Waals surface area (Å²) in [7, 11) is 4.93. The first kappa shape index (κ1) is 15.5. The van der Waals surface area contributed by atoms with Crippen molar-refractivity contribution in [3.05, 3.63) is 65.2 Å². The molecular formula is C20H22O3. The molecule has 3 nitrogen and oxygen atoms in total. The summed E-state index contributed by atoms with van der Waals surface area (Å²) < 4.78 is 16.4. The molecule has 3 heteroatoms. The summed E-state index contributed by atoms with van der Waals surface area (Å²) in [5.41, 5.74) is 3.89. The maximum atomic E-state index is 5.50. The quantitative estimate of drug-likeness (QED) is 0.786. The monoisotopic (exact) mass is 310 g/mol. The van der Waals surface area contributed by atoms with E-state index in [2.05, 4.69) is 36.4 Å². The lowest BCUT2D eigenvalue weighted by atomic mass is 9.88. The van der Waals surface area contributed by atoms with Gasteiger partial charge in [0.05, 0.1) is 21.3 Å². The molecule has 120 valence electrons. The lowest BCUT2D eigenvalue weighted by Crippen LogP contribution is -2.03. The van der Waals surface area contributed by atoms with Gasteiger partial charge < -0.3 is 14.2 Å². The largest absolute Gasteiger partial charge is 0.493 e. The van der Waals surface area contributed by atoms with Crippen LogP contribution in [0.25, 0.3) is 0 Å². The minimum Gasteiger partial charge on any atom is -0.493 e. The van der Waals surface area contributed by atoms with Gasteiger partial charge >= 0.3 is 0 Å². The Morgan fingerprint density at radius 3 is 2.26 bits per heavy atom. The van der Waals surface area contributed by atoms with E-state index in [4.69, 9.17) is 14.2 Å². The highest BCUT2D eigenvalue weighted by Crippen LogP contribution is 2.42. The van der Waals surface area contributed by atoms with Crippen molar-refractivity contribution in [2.24, 2.45) is 0 Å². The van der Waals surface area contributed by atoms with E-state index in [1.165, 1.54) is 11.1 Å². The number of methoxy groups -OCH3 is 3. The second kappa shape index (κ2) is 6.78. The average molecular weight is 310 g/mol. The molecule has 0 amide bonds. The zero-order chi connectivity index (χ0) is 16.2. The highest BCUT2D eigenvalue weighted by atomic mass is 16.5. The number of fused-ring (bicyclic) bond motifs is 1. The highest BCUT2D eigenvalue weighted by Gasteiger charge is 2.21. The Morgan fingerprint density at radius 2 is 1.61 bits per heavy atom. The molecule has 1 aliphatic rings. The smallest absolute Gasteiger partial charge is 0.203 e. The molecule has 3 rings (SSSR count). The topological polar surface area (TPSA) is 27.7 Å². The van der Waals surface area contributed by atoms with Crippen molar-refractivity contribution in [2.45, 2.75) is 18.8 Å². The summed E-state index contributed by atoms with van der Waals surface area (Å²) in [5, 5.41) is 0. The molecule has 1 atom stereocenters. The fourth-order valence-corrected chi connectivity index (χ4v) is 3.21. The summed E-state index contributed by atoms with van der Waals surface area (Å²) in [6.45, 7) is 0. The number of allylic oxidation sites excluding steroid dienone is 2. The van der Waals surface area contributed by atoms with Crippen LogP contribution in [0, 0.1) is 0 Å². The van der Waals surface area contributed by atoms with Gasteiger partial charge in [-0.3, -0.25) is 0 Å². The van der Waals surface area contributed by atoms with Crippen molar-refractivity contribution >= 4 is 0 Å². The second-order valence-corrected chi connectivity index (χ2v) is 5.60. The maximum absolute atomic E-state index is 5.50. The van der Waals surface area contributed by atoms with Gasteiger partial charge in [0.15, 0.2) is 11.5 Å². The van der Waals surface area contributed by atoms with Gasteiger partial charge in [0.1, 0.15) is 0 Å². The minimum absolute atomic E-state index is 0.197. The van der Waals surface area contributed by atoms with Crippen LogP contribution in [0.15, 0.2) is 48.6 Å². The van der Waals surface area contributed by atoms with Crippen LogP contribution >= 0.6 is 0 Å². The molecule has 0 saturated heterocycles. The van der Waals surface area contributed by atoms with E-state index in [9.17, 15) is 0 Å². The van der Waals surface area contributed by atoms with Crippen molar-refractivity contribution in [3.63, 3.8) is 0 Å². The molecule has 0 fully saturated rings. The molecule has 0 aromatic heterocycles. The van der Waals surface area contributed by atoms with Crippen molar-refractivity contribution < 1.29 is 14.2 Å². The van der Waals surface area contributed by atoms with Crippen LogP contribution in [-0.2, 0) is 6.42 Å². The summed E-state index contributed by atoms with van der Waals surface area (Å²) >= 11 is 0. The molecular weight excluding hydrogens is 288 g/mol. The van der Waals surface area contributed by atoms with E-state index in [0.717, 1.165) is 18.4 Å². The third kappa shape index (κ3) is 2.91. The average Bonchev–Trinajstić information content (AvgIpc) is 2.82. The molecule has 23 heavy (non-hydrogen) atoms. The molecule has 0 saturated carbocycles. The van der Waals surface area contributed by atoms with E-state index in [1.54, 1.807) is 21.3 Å². The van der Waals surface area contributed by atoms with Crippen molar-refractivity contribution in [1.82, 2.24) is 0 Å². The van der Waals surface area contributed by atoms with Crippen molar-refractivity contribution in [2.75, 3.05) is 21.3 Å². The van der Waals surface area contributed by atoms with Crippen LogP contribution in [-0.4, -0.2) is 21.3 Å². The third-order valence-corrected chi connectivity index (χ3v) is 4.35. The van der Waals surface area contributed by atoms with E-state index in [1.807, 2.05) is 12.1 Å². The van der Waals surface area contributed by atoms with E-state index < -0.39 is 0 Å². The summed E-state index contributed by atoms with van der Waals surface area (Å²) in [6.07, 6.45) is 6.67. The SMILES string of the molecule is COc1cc(C2C=CCCc3ccccc32)cc(OC)c1OC. The lowest BCUT2D eigenvalue weighted by Gasteiger charge is -2.20. The predicted octanol–water partition coefficient (Wildman–Crippen LogP) is 4.35. The first-order valence-electron chi connectivity index (χ1n) is 7.82. The number of aryl methyl sites for hydroxylation is 1. The zero-order valence-corrected chi connectivity index (χ0v) is 13.8. The Hall–Kier alpha value is -2.42. The first-order chi connectivity index (χ1) is 11.3. The van der Waals surface area contributed by atoms with Crippen LogP contribution in [0.1, 0.15) is 29.0 Å². The maximum Gasteiger partial charge on any atom is 0.203 e. The Balaban J connectivity index is 2.14. The molecule has 1 aliphatic carbocycles. The molecule has 0 N–H and O–H groups in total. The van der Waals surface area contributed by atoms with Crippen LogP contribution in [0.3, 0.4) is 0 Å². The molecule has 1 unspecified atom stereocenters.